The molecule has 1 aromatic heterocycles. The first-order valence-electron chi connectivity index (χ1n) is 6.24. The Kier molecular flexibility index (Phi) is 3.72. The lowest BCUT2D eigenvalue weighted by atomic mass is 9.95. The predicted molar refractivity (Wildman–Crippen MR) is 74.0 cm³/mol. The molecule has 106 valence electrons. The van der Waals surface area contributed by atoms with Crippen LogP contribution in [0.15, 0.2) is 0 Å². The van der Waals surface area contributed by atoms with Crippen molar-refractivity contribution in [3.05, 3.63) is 0 Å². The Hall–Kier alpha value is -1.67. The molecule has 4 N–H and O–H groups in total. The molecule has 1 aromatic rings. The molecule has 0 saturated carbocycles. The van der Waals surface area contributed by atoms with E-state index in [2.05, 4.69) is 32.6 Å². The van der Waals surface area contributed by atoms with Gasteiger partial charge in [0.15, 0.2) is 0 Å². The SMILES string of the molecule is CC1OCCC1(C)Nc1nc(NN)nc(N(C)C)n1. The van der Waals surface area contributed by atoms with Crippen molar-refractivity contribution < 1.29 is 4.74 Å². The van der Waals surface area contributed by atoms with E-state index in [1.807, 2.05) is 21.0 Å². The fourth-order valence-electron chi connectivity index (χ4n) is 1.94. The van der Waals surface area contributed by atoms with Crippen LogP contribution < -0.4 is 21.5 Å². The molecule has 0 radical (unpaired) electrons. The molecule has 0 amide bonds. The Labute approximate surface area is 112 Å². The van der Waals surface area contributed by atoms with Gasteiger partial charge in [0.2, 0.25) is 17.8 Å². The number of hydrogen-bond acceptors (Lipinski definition) is 8. The second-order valence-corrected chi connectivity index (χ2v) is 5.13. The highest BCUT2D eigenvalue weighted by Gasteiger charge is 2.37. The van der Waals surface area contributed by atoms with Crippen molar-refractivity contribution in [3.8, 4) is 0 Å². The lowest BCUT2D eigenvalue weighted by Gasteiger charge is -2.29. The fraction of sp³-hybridized carbons (Fsp3) is 0.727. The van der Waals surface area contributed by atoms with Crippen LogP contribution in [0.2, 0.25) is 0 Å². The second-order valence-electron chi connectivity index (χ2n) is 5.13. The zero-order chi connectivity index (χ0) is 14.0. The molecule has 1 aliphatic heterocycles. The molecule has 0 spiro atoms. The number of aromatic nitrogens is 3. The maximum atomic E-state index is 5.59. The molecule has 8 nitrogen and oxygen atoms in total. The van der Waals surface area contributed by atoms with Crippen molar-refractivity contribution in [1.29, 1.82) is 0 Å². The van der Waals surface area contributed by atoms with Crippen LogP contribution in [-0.2, 0) is 4.74 Å². The zero-order valence-electron chi connectivity index (χ0n) is 11.8. The normalized spacial score (nSPS) is 26.3. The Morgan fingerprint density at radius 2 is 2.00 bits per heavy atom. The van der Waals surface area contributed by atoms with Crippen molar-refractivity contribution in [2.45, 2.75) is 31.9 Å². The number of ether oxygens (including phenoxy) is 1. The highest BCUT2D eigenvalue weighted by Crippen LogP contribution is 2.28. The van der Waals surface area contributed by atoms with E-state index in [0.717, 1.165) is 13.0 Å². The van der Waals surface area contributed by atoms with E-state index in [0.29, 0.717) is 17.8 Å². The highest BCUT2D eigenvalue weighted by molar-refractivity contribution is 5.44. The summed E-state index contributed by atoms with van der Waals surface area (Å²) in [7, 11) is 3.73. The van der Waals surface area contributed by atoms with Crippen molar-refractivity contribution in [3.63, 3.8) is 0 Å². The van der Waals surface area contributed by atoms with Gasteiger partial charge < -0.3 is 15.0 Å². The number of rotatable bonds is 4. The summed E-state index contributed by atoms with van der Waals surface area (Å²) in [5.41, 5.74) is 2.27. The van der Waals surface area contributed by atoms with Gasteiger partial charge in [-0.2, -0.15) is 15.0 Å². The van der Waals surface area contributed by atoms with E-state index in [1.54, 1.807) is 4.90 Å². The number of nitrogens with zero attached hydrogens (tertiary/aromatic N) is 4. The highest BCUT2D eigenvalue weighted by atomic mass is 16.5. The van der Waals surface area contributed by atoms with Crippen LogP contribution in [-0.4, -0.2) is 47.3 Å². The van der Waals surface area contributed by atoms with Crippen LogP contribution in [0, 0.1) is 0 Å². The molecule has 1 aliphatic rings. The standard InChI is InChI=1S/C11H21N7O/c1-7-11(2,5-6-19-7)16-8-13-9(17-12)15-10(14-8)18(3)4/h7H,5-6,12H2,1-4H3,(H2,13,14,15,16,17). The Balaban J connectivity index is 2.26. The molecule has 2 heterocycles. The summed E-state index contributed by atoms with van der Waals surface area (Å²) in [6.07, 6.45) is 1.00. The third-order valence-electron chi connectivity index (χ3n) is 3.44. The first-order chi connectivity index (χ1) is 8.94. The molecule has 0 aromatic carbocycles. The second kappa shape index (κ2) is 5.14. The maximum absolute atomic E-state index is 5.59. The zero-order valence-corrected chi connectivity index (χ0v) is 11.8. The summed E-state index contributed by atoms with van der Waals surface area (Å²) in [5, 5.41) is 3.33. The number of nitrogens with one attached hydrogen (secondary N) is 2. The van der Waals surface area contributed by atoms with Gasteiger partial charge in [-0.1, -0.05) is 0 Å². The fourth-order valence-corrected chi connectivity index (χ4v) is 1.94. The van der Waals surface area contributed by atoms with Gasteiger partial charge in [-0.25, -0.2) is 5.84 Å². The van der Waals surface area contributed by atoms with Gasteiger partial charge in [-0.15, -0.1) is 0 Å². The summed E-state index contributed by atoms with van der Waals surface area (Å²) in [6.45, 7) is 4.87. The van der Waals surface area contributed by atoms with Gasteiger partial charge in [-0.05, 0) is 20.3 Å². The number of hydrogen-bond donors (Lipinski definition) is 3. The summed E-state index contributed by atoms with van der Waals surface area (Å²) in [5.74, 6) is 6.75. The van der Waals surface area contributed by atoms with Crippen molar-refractivity contribution in [2.75, 3.05) is 36.3 Å². The van der Waals surface area contributed by atoms with Crippen molar-refractivity contribution in [2.24, 2.45) is 5.84 Å². The van der Waals surface area contributed by atoms with Crippen LogP contribution in [0.5, 0.6) is 0 Å². The molecule has 1 fully saturated rings. The van der Waals surface area contributed by atoms with E-state index in [4.69, 9.17) is 10.6 Å². The summed E-state index contributed by atoms with van der Waals surface area (Å²) < 4.78 is 5.59. The monoisotopic (exact) mass is 267 g/mol. The Bertz CT molecular complexity index is 453. The van der Waals surface area contributed by atoms with Gasteiger partial charge in [0.25, 0.3) is 0 Å². The molecule has 8 heteroatoms. The molecule has 2 rings (SSSR count). The molecule has 1 saturated heterocycles. The van der Waals surface area contributed by atoms with Gasteiger partial charge >= 0.3 is 0 Å². The van der Waals surface area contributed by atoms with Crippen LogP contribution in [0.25, 0.3) is 0 Å². The lowest BCUT2D eigenvalue weighted by Crippen LogP contribution is -2.42. The summed E-state index contributed by atoms with van der Waals surface area (Å²) >= 11 is 0. The Morgan fingerprint density at radius 1 is 1.32 bits per heavy atom. The van der Waals surface area contributed by atoms with E-state index in [-0.39, 0.29) is 11.6 Å². The van der Waals surface area contributed by atoms with Gasteiger partial charge in [0.1, 0.15) is 0 Å². The first-order valence-corrected chi connectivity index (χ1v) is 6.24. The minimum absolute atomic E-state index is 0.0985. The van der Waals surface area contributed by atoms with E-state index >= 15 is 0 Å². The van der Waals surface area contributed by atoms with Gasteiger partial charge in [0, 0.05) is 20.7 Å². The smallest absolute Gasteiger partial charge is 0.243 e. The quantitative estimate of drug-likeness (QED) is 0.525. The minimum atomic E-state index is -0.184. The third kappa shape index (κ3) is 2.85. The van der Waals surface area contributed by atoms with E-state index < -0.39 is 0 Å². The summed E-state index contributed by atoms with van der Waals surface area (Å²) in [6, 6.07) is 0. The first kappa shape index (κ1) is 13.8. The largest absolute Gasteiger partial charge is 0.376 e. The number of nitrogens with two attached hydrogens (primary N) is 1. The molecule has 19 heavy (non-hydrogen) atoms. The number of anilines is 3. The molecule has 0 aliphatic carbocycles. The summed E-state index contributed by atoms with van der Waals surface area (Å²) in [4.78, 5) is 14.6. The number of hydrazine groups is 1. The molecule has 2 unspecified atom stereocenters. The third-order valence-corrected chi connectivity index (χ3v) is 3.44. The molecule has 2 atom stereocenters. The lowest BCUT2D eigenvalue weighted by molar-refractivity contribution is 0.105. The number of nitrogen functional groups attached to an aromatic ring is 1. The average molecular weight is 267 g/mol. The van der Waals surface area contributed by atoms with Gasteiger partial charge in [0.05, 0.1) is 11.6 Å². The molecular formula is C11H21N7O. The van der Waals surface area contributed by atoms with Crippen molar-refractivity contribution in [1.82, 2.24) is 15.0 Å². The van der Waals surface area contributed by atoms with Crippen LogP contribution >= 0.6 is 0 Å². The van der Waals surface area contributed by atoms with Crippen LogP contribution in [0.1, 0.15) is 20.3 Å². The molecule has 0 bridgehead atoms. The maximum Gasteiger partial charge on any atom is 0.243 e. The van der Waals surface area contributed by atoms with E-state index in [9.17, 15) is 0 Å². The molecular weight excluding hydrogens is 246 g/mol. The average Bonchev–Trinajstić information content (AvgIpc) is 2.68. The predicted octanol–water partition coefficient (Wildman–Crippen LogP) is 0.203. The van der Waals surface area contributed by atoms with E-state index in [1.165, 1.54) is 0 Å². The van der Waals surface area contributed by atoms with Crippen LogP contribution in [0.4, 0.5) is 17.8 Å². The van der Waals surface area contributed by atoms with Crippen molar-refractivity contribution >= 4 is 17.8 Å². The minimum Gasteiger partial charge on any atom is -0.376 e. The Morgan fingerprint density at radius 3 is 2.53 bits per heavy atom. The topological polar surface area (TPSA) is 101 Å². The van der Waals surface area contributed by atoms with Crippen LogP contribution in [0.3, 0.4) is 0 Å². The van der Waals surface area contributed by atoms with Gasteiger partial charge in [-0.3, -0.25) is 5.43 Å².